The maximum absolute atomic E-state index is 5.46. The maximum atomic E-state index is 5.46. The Morgan fingerprint density at radius 3 is 2.28 bits per heavy atom. The number of benzene rings is 1. The van der Waals surface area contributed by atoms with E-state index in [1.165, 1.54) is 11.1 Å². The first-order valence-corrected chi connectivity index (χ1v) is 5.92. The summed E-state index contributed by atoms with van der Waals surface area (Å²) < 4.78 is 0. The first-order chi connectivity index (χ1) is 8.54. The van der Waals surface area contributed by atoms with E-state index in [1.807, 2.05) is 0 Å². The largest absolute Gasteiger partial charge is 0.388 e. The summed E-state index contributed by atoms with van der Waals surface area (Å²) in [5.74, 6) is 0.667. The molecule has 0 amide bonds. The number of aromatic nitrogens is 2. The van der Waals surface area contributed by atoms with Crippen molar-refractivity contribution in [2.24, 2.45) is 5.73 Å². The Bertz CT molecular complexity index is 558. The second-order valence-electron chi connectivity index (χ2n) is 4.15. The van der Waals surface area contributed by atoms with Gasteiger partial charge in [-0.25, -0.2) is 9.97 Å². The van der Waals surface area contributed by atoms with Crippen LogP contribution in [0.4, 0.5) is 11.5 Å². The third kappa shape index (κ3) is 3.01. The van der Waals surface area contributed by atoms with Crippen molar-refractivity contribution in [2.75, 3.05) is 5.32 Å². The average molecular weight is 258 g/mol. The van der Waals surface area contributed by atoms with Crippen LogP contribution in [-0.4, -0.2) is 15.0 Å². The van der Waals surface area contributed by atoms with Crippen LogP contribution in [0.3, 0.4) is 0 Å². The summed E-state index contributed by atoms with van der Waals surface area (Å²) in [6.07, 6.45) is 3.18. The second-order valence-corrected chi connectivity index (χ2v) is 4.59. The SMILES string of the molecule is Cc1cc(C)cc(Nc2cnc(C(N)=S)cn2)c1. The molecule has 0 saturated heterocycles. The number of thiocarbonyl (C=S) groups is 1. The molecule has 0 aliphatic rings. The monoisotopic (exact) mass is 258 g/mol. The lowest BCUT2D eigenvalue weighted by Crippen LogP contribution is -2.12. The Hall–Kier alpha value is -2.01. The molecule has 0 aliphatic heterocycles. The molecule has 5 heteroatoms. The lowest BCUT2D eigenvalue weighted by atomic mass is 10.1. The standard InChI is InChI=1S/C13H14N4S/c1-8-3-9(2)5-10(4-8)17-12-7-15-11(6-16-12)13(14)18/h3-7H,1-2H3,(H2,14,18)(H,16,17). The molecule has 2 aromatic rings. The predicted octanol–water partition coefficient (Wildman–Crippen LogP) is 2.47. The fourth-order valence-electron chi connectivity index (χ4n) is 1.71. The molecule has 1 aromatic heterocycles. The number of aryl methyl sites for hydroxylation is 2. The molecule has 0 saturated carbocycles. The van der Waals surface area contributed by atoms with Gasteiger partial charge in [0.15, 0.2) is 0 Å². The number of rotatable bonds is 3. The van der Waals surface area contributed by atoms with Crippen LogP contribution in [0.15, 0.2) is 30.6 Å². The van der Waals surface area contributed by atoms with E-state index < -0.39 is 0 Å². The zero-order valence-corrected chi connectivity index (χ0v) is 11.1. The van der Waals surface area contributed by atoms with Gasteiger partial charge in [0.05, 0.1) is 12.4 Å². The summed E-state index contributed by atoms with van der Waals surface area (Å²) in [6, 6.07) is 6.22. The Morgan fingerprint density at radius 2 is 1.78 bits per heavy atom. The lowest BCUT2D eigenvalue weighted by molar-refractivity contribution is 1.18. The summed E-state index contributed by atoms with van der Waals surface area (Å²) >= 11 is 4.82. The van der Waals surface area contributed by atoms with Gasteiger partial charge in [-0.1, -0.05) is 18.3 Å². The smallest absolute Gasteiger partial charge is 0.148 e. The van der Waals surface area contributed by atoms with E-state index in [4.69, 9.17) is 18.0 Å². The van der Waals surface area contributed by atoms with Crippen molar-refractivity contribution in [3.63, 3.8) is 0 Å². The third-order valence-electron chi connectivity index (χ3n) is 2.40. The van der Waals surface area contributed by atoms with Gasteiger partial charge in [-0.15, -0.1) is 0 Å². The van der Waals surface area contributed by atoms with E-state index in [1.54, 1.807) is 12.4 Å². The highest BCUT2D eigenvalue weighted by molar-refractivity contribution is 7.80. The second kappa shape index (κ2) is 5.10. The highest BCUT2D eigenvalue weighted by Crippen LogP contribution is 2.17. The highest BCUT2D eigenvalue weighted by Gasteiger charge is 2.01. The van der Waals surface area contributed by atoms with Gasteiger partial charge in [-0.05, 0) is 37.1 Å². The van der Waals surface area contributed by atoms with Gasteiger partial charge < -0.3 is 11.1 Å². The van der Waals surface area contributed by atoms with E-state index in [2.05, 4.69) is 47.3 Å². The number of anilines is 2. The van der Waals surface area contributed by atoms with E-state index in [-0.39, 0.29) is 4.99 Å². The number of nitrogens with two attached hydrogens (primary N) is 1. The van der Waals surface area contributed by atoms with Crippen LogP contribution in [0, 0.1) is 13.8 Å². The Morgan fingerprint density at radius 1 is 1.11 bits per heavy atom. The van der Waals surface area contributed by atoms with Crippen molar-refractivity contribution in [1.29, 1.82) is 0 Å². The van der Waals surface area contributed by atoms with Crippen molar-refractivity contribution in [2.45, 2.75) is 13.8 Å². The molecular formula is C13H14N4S. The molecule has 18 heavy (non-hydrogen) atoms. The summed E-state index contributed by atoms with van der Waals surface area (Å²) in [6.45, 7) is 4.11. The van der Waals surface area contributed by atoms with Crippen LogP contribution in [0.25, 0.3) is 0 Å². The van der Waals surface area contributed by atoms with Gasteiger partial charge >= 0.3 is 0 Å². The van der Waals surface area contributed by atoms with Crippen LogP contribution < -0.4 is 11.1 Å². The summed E-state index contributed by atoms with van der Waals surface area (Å²) in [4.78, 5) is 8.59. The van der Waals surface area contributed by atoms with Crippen molar-refractivity contribution in [3.05, 3.63) is 47.4 Å². The molecule has 3 N–H and O–H groups in total. The van der Waals surface area contributed by atoms with Gasteiger partial charge in [0.1, 0.15) is 16.5 Å². The van der Waals surface area contributed by atoms with Crippen molar-refractivity contribution < 1.29 is 0 Å². The summed E-state index contributed by atoms with van der Waals surface area (Å²) in [5, 5.41) is 3.19. The number of hydrogen-bond acceptors (Lipinski definition) is 4. The van der Waals surface area contributed by atoms with Gasteiger partial charge in [0.2, 0.25) is 0 Å². The quantitative estimate of drug-likeness (QED) is 0.828. The van der Waals surface area contributed by atoms with Gasteiger partial charge in [0, 0.05) is 5.69 Å². The zero-order valence-electron chi connectivity index (χ0n) is 10.3. The first-order valence-electron chi connectivity index (χ1n) is 5.52. The van der Waals surface area contributed by atoms with E-state index in [0.717, 1.165) is 5.69 Å². The topological polar surface area (TPSA) is 63.8 Å². The molecule has 0 spiro atoms. The molecule has 4 nitrogen and oxygen atoms in total. The summed E-state index contributed by atoms with van der Waals surface area (Å²) in [7, 11) is 0. The van der Waals surface area contributed by atoms with Crippen LogP contribution in [0.2, 0.25) is 0 Å². The normalized spacial score (nSPS) is 10.1. The molecule has 0 unspecified atom stereocenters. The first kappa shape index (κ1) is 12.4. The molecule has 0 fully saturated rings. The number of nitrogens with one attached hydrogen (secondary N) is 1. The Labute approximate surface area is 111 Å². The number of nitrogens with zero attached hydrogens (tertiary/aromatic N) is 2. The molecule has 0 atom stereocenters. The molecule has 1 heterocycles. The molecule has 2 rings (SSSR count). The van der Waals surface area contributed by atoms with Crippen molar-refractivity contribution >= 4 is 28.7 Å². The molecule has 0 aliphatic carbocycles. The van der Waals surface area contributed by atoms with Gasteiger partial charge in [0.25, 0.3) is 0 Å². The van der Waals surface area contributed by atoms with Crippen LogP contribution in [-0.2, 0) is 0 Å². The average Bonchev–Trinajstić information content (AvgIpc) is 2.28. The Kier molecular flexibility index (Phi) is 3.53. The zero-order chi connectivity index (χ0) is 13.1. The van der Waals surface area contributed by atoms with Crippen LogP contribution >= 0.6 is 12.2 Å². The van der Waals surface area contributed by atoms with Gasteiger partial charge in [-0.3, -0.25) is 0 Å². The van der Waals surface area contributed by atoms with Crippen LogP contribution in [0.1, 0.15) is 16.8 Å². The van der Waals surface area contributed by atoms with E-state index in [0.29, 0.717) is 11.5 Å². The third-order valence-corrected chi connectivity index (χ3v) is 2.61. The van der Waals surface area contributed by atoms with Crippen molar-refractivity contribution in [3.8, 4) is 0 Å². The fraction of sp³-hybridized carbons (Fsp3) is 0.154. The minimum absolute atomic E-state index is 0.250. The van der Waals surface area contributed by atoms with Gasteiger partial charge in [-0.2, -0.15) is 0 Å². The number of hydrogen-bond donors (Lipinski definition) is 2. The maximum Gasteiger partial charge on any atom is 0.148 e. The molecule has 0 radical (unpaired) electrons. The molecule has 1 aromatic carbocycles. The lowest BCUT2D eigenvalue weighted by Gasteiger charge is -2.07. The van der Waals surface area contributed by atoms with Crippen LogP contribution in [0.5, 0.6) is 0 Å². The Balaban J connectivity index is 2.20. The minimum atomic E-state index is 0.250. The fourth-order valence-corrected chi connectivity index (χ4v) is 1.82. The predicted molar refractivity (Wildman–Crippen MR) is 77.1 cm³/mol. The molecular weight excluding hydrogens is 244 g/mol. The molecule has 92 valence electrons. The minimum Gasteiger partial charge on any atom is -0.388 e. The van der Waals surface area contributed by atoms with Crippen molar-refractivity contribution in [1.82, 2.24) is 9.97 Å². The highest BCUT2D eigenvalue weighted by atomic mass is 32.1. The van der Waals surface area contributed by atoms with E-state index >= 15 is 0 Å². The molecule has 0 bridgehead atoms. The van der Waals surface area contributed by atoms with E-state index in [9.17, 15) is 0 Å². The summed E-state index contributed by atoms with van der Waals surface area (Å²) in [5.41, 5.74) is 9.38.